The number of hydrogen-bond donors (Lipinski definition) is 1. The average molecular weight is 235 g/mol. The molecule has 0 aromatic heterocycles. The molecule has 0 saturated heterocycles. The largest absolute Gasteiger partial charge is 0.469 e. The molecule has 3 heteroatoms. The van der Waals surface area contributed by atoms with Crippen LogP contribution in [0.4, 0.5) is 5.69 Å². The predicted molar refractivity (Wildman–Crippen MR) is 70.1 cm³/mol. The lowest BCUT2D eigenvalue weighted by Gasteiger charge is -2.18. The second-order valence-electron chi connectivity index (χ2n) is 4.28. The summed E-state index contributed by atoms with van der Waals surface area (Å²) < 4.78 is 4.71. The van der Waals surface area contributed by atoms with E-state index in [4.69, 9.17) is 4.74 Å². The van der Waals surface area contributed by atoms with Crippen LogP contribution >= 0.6 is 0 Å². The number of methoxy groups -OCH3 is 1. The molecule has 0 aliphatic heterocycles. The molecule has 0 spiro atoms. The molecule has 0 aliphatic rings. The van der Waals surface area contributed by atoms with Gasteiger partial charge in [0.2, 0.25) is 0 Å². The molecule has 0 bridgehead atoms. The third-order valence-corrected chi connectivity index (χ3v) is 2.67. The fraction of sp³-hybridized carbons (Fsp3) is 0.500. The van der Waals surface area contributed by atoms with Gasteiger partial charge >= 0.3 is 5.97 Å². The van der Waals surface area contributed by atoms with Crippen LogP contribution in [0.5, 0.6) is 0 Å². The Bertz CT molecular complexity index is 363. The number of ether oxygens (including phenoxy) is 1. The van der Waals surface area contributed by atoms with Gasteiger partial charge in [0.05, 0.1) is 13.5 Å². The summed E-state index contributed by atoms with van der Waals surface area (Å²) in [5, 5.41) is 3.39. The molecule has 0 fully saturated rings. The van der Waals surface area contributed by atoms with E-state index >= 15 is 0 Å². The molecule has 1 aromatic carbocycles. The van der Waals surface area contributed by atoms with Gasteiger partial charge in [-0.2, -0.15) is 0 Å². The number of rotatable bonds is 6. The maximum atomic E-state index is 11.3. The summed E-state index contributed by atoms with van der Waals surface area (Å²) in [6.07, 6.45) is 2.42. The molecule has 1 rings (SSSR count). The Morgan fingerprint density at radius 3 is 2.82 bits per heavy atom. The first kappa shape index (κ1) is 13.6. The van der Waals surface area contributed by atoms with E-state index in [0.29, 0.717) is 6.42 Å². The van der Waals surface area contributed by atoms with Gasteiger partial charge in [-0.15, -0.1) is 0 Å². The highest BCUT2D eigenvalue weighted by Crippen LogP contribution is 2.15. The van der Waals surface area contributed by atoms with E-state index in [-0.39, 0.29) is 12.0 Å². The third-order valence-electron chi connectivity index (χ3n) is 2.67. The molecule has 1 aromatic rings. The van der Waals surface area contributed by atoms with Crippen LogP contribution in [0.2, 0.25) is 0 Å². The van der Waals surface area contributed by atoms with Gasteiger partial charge in [0.1, 0.15) is 0 Å². The number of carbonyl (C=O) groups excluding carboxylic acids is 1. The van der Waals surface area contributed by atoms with Gasteiger partial charge in [0.15, 0.2) is 0 Å². The fourth-order valence-corrected chi connectivity index (χ4v) is 1.83. The predicted octanol–water partition coefficient (Wildman–Crippen LogP) is 3.14. The molecule has 3 nitrogen and oxygen atoms in total. The Balaban J connectivity index is 2.62. The molecule has 0 radical (unpaired) electrons. The molecule has 0 aliphatic carbocycles. The Hall–Kier alpha value is -1.51. The Labute approximate surface area is 103 Å². The number of esters is 1. The Kier molecular flexibility index (Phi) is 5.53. The van der Waals surface area contributed by atoms with Crippen LogP contribution in [0.15, 0.2) is 24.3 Å². The van der Waals surface area contributed by atoms with Gasteiger partial charge in [-0.3, -0.25) is 4.79 Å². The summed E-state index contributed by atoms with van der Waals surface area (Å²) in [5.74, 6) is -0.163. The number of anilines is 1. The van der Waals surface area contributed by atoms with Crippen LogP contribution in [0.25, 0.3) is 0 Å². The van der Waals surface area contributed by atoms with Crippen molar-refractivity contribution in [2.24, 2.45) is 0 Å². The number of nitrogens with one attached hydrogen (secondary N) is 1. The van der Waals surface area contributed by atoms with E-state index in [1.54, 1.807) is 0 Å². The molecule has 1 atom stereocenters. The summed E-state index contributed by atoms with van der Waals surface area (Å²) in [6.45, 7) is 4.17. The average Bonchev–Trinajstić information content (AvgIpc) is 2.29. The highest BCUT2D eigenvalue weighted by Gasteiger charge is 2.13. The van der Waals surface area contributed by atoms with E-state index in [2.05, 4.69) is 31.3 Å². The first-order chi connectivity index (χ1) is 8.15. The molecule has 1 N–H and O–H groups in total. The lowest BCUT2D eigenvalue weighted by atomic mass is 10.1. The Morgan fingerprint density at radius 1 is 1.47 bits per heavy atom. The van der Waals surface area contributed by atoms with E-state index in [0.717, 1.165) is 18.5 Å². The number of carbonyl (C=O) groups is 1. The summed E-state index contributed by atoms with van der Waals surface area (Å²) in [5.41, 5.74) is 2.27. The van der Waals surface area contributed by atoms with Crippen molar-refractivity contribution in [3.05, 3.63) is 29.8 Å². The minimum atomic E-state index is -0.163. The quantitative estimate of drug-likeness (QED) is 0.770. The minimum Gasteiger partial charge on any atom is -0.469 e. The lowest BCUT2D eigenvalue weighted by Crippen LogP contribution is -2.23. The Morgan fingerprint density at radius 2 is 2.24 bits per heavy atom. The van der Waals surface area contributed by atoms with Gasteiger partial charge in [-0.1, -0.05) is 25.5 Å². The van der Waals surface area contributed by atoms with Crippen LogP contribution in [0.1, 0.15) is 31.7 Å². The molecular formula is C14H21NO2. The van der Waals surface area contributed by atoms with E-state index in [1.165, 1.54) is 12.7 Å². The second kappa shape index (κ2) is 6.94. The van der Waals surface area contributed by atoms with Gasteiger partial charge in [0, 0.05) is 11.7 Å². The van der Waals surface area contributed by atoms with Crippen molar-refractivity contribution < 1.29 is 9.53 Å². The zero-order valence-electron chi connectivity index (χ0n) is 10.8. The van der Waals surface area contributed by atoms with Crippen LogP contribution in [-0.2, 0) is 9.53 Å². The highest BCUT2D eigenvalue weighted by molar-refractivity contribution is 5.70. The maximum Gasteiger partial charge on any atom is 0.307 e. The van der Waals surface area contributed by atoms with Crippen molar-refractivity contribution in [2.45, 2.75) is 39.2 Å². The minimum absolute atomic E-state index is 0.147. The van der Waals surface area contributed by atoms with Crippen molar-refractivity contribution >= 4 is 11.7 Å². The smallest absolute Gasteiger partial charge is 0.307 e. The van der Waals surface area contributed by atoms with Crippen LogP contribution < -0.4 is 5.32 Å². The molecule has 0 amide bonds. The monoisotopic (exact) mass is 235 g/mol. The molecule has 94 valence electrons. The third kappa shape index (κ3) is 4.89. The normalized spacial score (nSPS) is 11.9. The first-order valence-electron chi connectivity index (χ1n) is 6.05. The summed E-state index contributed by atoms with van der Waals surface area (Å²) in [6, 6.07) is 8.32. The SMILES string of the molecule is CCC[C@H](CC(=O)OC)Nc1cccc(C)c1. The van der Waals surface area contributed by atoms with Crippen molar-refractivity contribution in [3.63, 3.8) is 0 Å². The van der Waals surface area contributed by atoms with Crippen molar-refractivity contribution in [2.75, 3.05) is 12.4 Å². The zero-order chi connectivity index (χ0) is 12.7. The second-order valence-corrected chi connectivity index (χ2v) is 4.28. The number of benzene rings is 1. The molecule has 17 heavy (non-hydrogen) atoms. The lowest BCUT2D eigenvalue weighted by molar-refractivity contribution is -0.140. The van der Waals surface area contributed by atoms with Gasteiger partial charge in [-0.05, 0) is 31.0 Å². The van der Waals surface area contributed by atoms with Gasteiger partial charge in [-0.25, -0.2) is 0 Å². The molecule has 0 heterocycles. The molecule has 0 saturated carbocycles. The summed E-state index contributed by atoms with van der Waals surface area (Å²) in [4.78, 5) is 11.3. The van der Waals surface area contributed by atoms with Crippen LogP contribution in [-0.4, -0.2) is 19.1 Å². The first-order valence-corrected chi connectivity index (χ1v) is 6.05. The van der Waals surface area contributed by atoms with E-state index in [1.807, 2.05) is 12.1 Å². The highest BCUT2D eigenvalue weighted by atomic mass is 16.5. The van der Waals surface area contributed by atoms with Gasteiger partial charge < -0.3 is 10.1 Å². The maximum absolute atomic E-state index is 11.3. The number of aryl methyl sites for hydroxylation is 1. The van der Waals surface area contributed by atoms with Crippen LogP contribution in [0, 0.1) is 6.92 Å². The molecular weight excluding hydrogens is 214 g/mol. The molecule has 0 unspecified atom stereocenters. The summed E-state index contributed by atoms with van der Waals surface area (Å²) >= 11 is 0. The van der Waals surface area contributed by atoms with Crippen molar-refractivity contribution in [1.82, 2.24) is 0 Å². The van der Waals surface area contributed by atoms with Crippen molar-refractivity contribution in [1.29, 1.82) is 0 Å². The fourth-order valence-electron chi connectivity index (χ4n) is 1.83. The number of hydrogen-bond acceptors (Lipinski definition) is 3. The summed E-state index contributed by atoms with van der Waals surface area (Å²) in [7, 11) is 1.43. The standard InChI is InChI=1S/C14H21NO2/c1-4-6-12(10-14(16)17-3)15-13-8-5-7-11(2)9-13/h5,7-9,12,15H,4,6,10H2,1-3H3/t12-/m1/s1. The van der Waals surface area contributed by atoms with Crippen molar-refractivity contribution in [3.8, 4) is 0 Å². The van der Waals surface area contributed by atoms with Gasteiger partial charge in [0.25, 0.3) is 0 Å². The van der Waals surface area contributed by atoms with E-state index < -0.39 is 0 Å². The van der Waals surface area contributed by atoms with E-state index in [9.17, 15) is 4.79 Å². The topological polar surface area (TPSA) is 38.3 Å². The van der Waals surface area contributed by atoms with Crippen LogP contribution in [0.3, 0.4) is 0 Å². The zero-order valence-corrected chi connectivity index (χ0v) is 10.8.